The maximum Gasteiger partial charge on any atom is 0.340 e. The number of rotatable bonds is 4. The van der Waals surface area contributed by atoms with Crippen molar-refractivity contribution in [2.45, 2.75) is 59.3 Å². The van der Waals surface area contributed by atoms with Crippen LogP contribution in [0.2, 0.25) is 0 Å². The molecule has 2 aliphatic heterocycles. The molecule has 174 valence electrons. The van der Waals surface area contributed by atoms with Gasteiger partial charge < -0.3 is 19.5 Å². The van der Waals surface area contributed by atoms with E-state index in [1.165, 1.54) is 6.07 Å². The Labute approximate surface area is 190 Å². The molecule has 3 aromatic rings. The van der Waals surface area contributed by atoms with Crippen molar-refractivity contribution in [1.82, 2.24) is 9.55 Å². The van der Waals surface area contributed by atoms with Gasteiger partial charge in [0.2, 0.25) is 0 Å². The van der Waals surface area contributed by atoms with E-state index in [0.717, 1.165) is 22.9 Å². The van der Waals surface area contributed by atoms with E-state index in [9.17, 15) is 24.2 Å². The molecule has 0 saturated heterocycles. The van der Waals surface area contributed by atoms with Crippen molar-refractivity contribution >= 4 is 16.9 Å². The van der Waals surface area contributed by atoms with Gasteiger partial charge in [0, 0.05) is 29.2 Å². The Morgan fingerprint density at radius 2 is 1.94 bits per heavy atom. The highest BCUT2D eigenvalue weighted by Gasteiger charge is 2.34. The molecule has 2 N–H and O–H groups in total. The standard InChI is InChI=1S/C23H21FN2O5.C2H6/c1-11-6-13-12(4-2-3-5-27)15-9-26-19(20(15)25-18(13)8-17(11)24)7-14-16(22(26)29)10-31-23(30)21(14)28;1-2/h6-8,21,27-28H,2-5,9-10H2,1H3;1-2H3. The van der Waals surface area contributed by atoms with Gasteiger partial charge in [-0.15, -0.1) is 0 Å². The first-order valence-corrected chi connectivity index (χ1v) is 11.2. The average molecular weight is 454 g/mol. The summed E-state index contributed by atoms with van der Waals surface area (Å²) in [6, 6.07) is 4.79. The number of aryl methyl sites for hydroxylation is 2. The quantitative estimate of drug-likeness (QED) is 0.362. The number of aliphatic hydroxyl groups is 2. The smallest absolute Gasteiger partial charge is 0.340 e. The maximum absolute atomic E-state index is 14.3. The Bertz CT molecular complexity index is 1310. The number of carbonyl (C=O) groups excluding carboxylic acids is 1. The molecule has 1 unspecified atom stereocenters. The van der Waals surface area contributed by atoms with Crippen molar-refractivity contribution in [3.05, 3.63) is 62.2 Å². The fourth-order valence-corrected chi connectivity index (χ4v) is 4.54. The van der Waals surface area contributed by atoms with Crippen LogP contribution in [0.4, 0.5) is 4.39 Å². The number of halogens is 1. The lowest BCUT2D eigenvalue weighted by atomic mass is 9.94. The molecule has 0 aliphatic carbocycles. The zero-order valence-electron chi connectivity index (χ0n) is 18.9. The predicted molar refractivity (Wildman–Crippen MR) is 121 cm³/mol. The molecule has 8 heteroatoms. The van der Waals surface area contributed by atoms with Crippen LogP contribution >= 0.6 is 0 Å². The number of aliphatic hydroxyl groups excluding tert-OH is 2. The number of aromatic nitrogens is 2. The largest absolute Gasteiger partial charge is 0.458 e. The summed E-state index contributed by atoms with van der Waals surface area (Å²) in [5, 5.41) is 20.3. The van der Waals surface area contributed by atoms with Gasteiger partial charge in [0.1, 0.15) is 12.4 Å². The van der Waals surface area contributed by atoms with Crippen LogP contribution in [0.1, 0.15) is 60.6 Å². The number of ether oxygens (including phenoxy) is 1. The van der Waals surface area contributed by atoms with Crippen molar-refractivity contribution < 1.29 is 24.1 Å². The third-order valence-electron chi connectivity index (χ3n) is 6.19. The van der Waals surface area contributed by atoms with E-state index in [1.807, 2.05) is 13.8 Å². The van der Waals surface area contributed by atoms with Crippen LogP contribution in [0.25, 0.3) is 22.3 Å². The van der Waals surface area contributed by atoms with E-state index >= 15 is 0 Å². The van der Waals surface area contributed by atoms with Crippen LogP contribution in [0.15, 0.2) is 23.0 Å². The van der Waals surface area contributed by atoms with Gasteiger partial charge in [-0.3, -0.25) is 4.79 Å². The Hall–Kier alpha value is -3.10. The maximum atomic E-state index is 14.3. The van der Waals surface area contributed by atoms with Crippen LogP contribution in [0, 0.1) is 12.7 Å². The number of hydrogen-bond donors (Lipinski definition) is 2. The van der Waals surface area contributed by atoms with Gasteiger partial charge in [0.25, 0.3) is 5.56 Å². The lowest BCUT2D eigenvalue weighted by Gasteiger charge is -2.21. The van der Waals surface area contributed by atoms with Crippen molar-refractivity contribution in [2.75, 3.05) is 6.61 Å². The Kier molecular flexibility index (Phi) is 6.32. The minimum Gasteiger partial charge on any atom is -0.458 e. The third kappa shape index (κ3) is 3.73. The van der Waals surface area contributed by atoms with Crippen molar-refractivity contribution in [1.29, 1.82) is 0 Å². The summed E-state index contributed by atoms with van der Waals surface area (Å²) in [5.74, 6) is -1.15. The molecule has 0 saturated carbocycles. The Morgan fingerprint density at radius 1 is 1.18 bits per heavy atom. The summed E-state index contributed by atoms with van der Waals surface area (Å²) in [7, 11) is 0. The molecule has 33 heavy (non-hydrogen) atoms. The highest BCUT2D eigenvalue weighted by atomic mass is 19.1. The van der Waals surface area contributed by atoms with Crippen LogP contribution in [-0.2, 0) is 29.1 Å². The van der Waals surface area contributed by atoms with E-state index in [1.54, 1.807) is 23.6 Å². The van der Waals surface area contributed by atoms with Gasteiger partial charge in [-0.2, -0.15) is 0 Å². The minimum absolute atomic E-state index is 0.0805. The molecular weight excluding hydrogens is 427 g/mol. The number of cyclic esters (lactones) is 1. The third-order valence-corrected chi connectivity index (χ3v) is 6.19. The average Bonchev–Trinajstić information content (AvgIpc) is 3.17. The SMILES string of the molecule is CC.Cc1cc2c(CCCCO)c3c(nc2cc1F)-c1cc2c(c(=O)n1C3)COC(=O)C2O. The number of pyridine rings is 2. The summed E-state index contributed by atoms with van der Waals surface area (Å²) in [5.41, 5.74) is 4.07. The van der Waals surface area contributed by atoms with Gasteiger partial charge in [0.15, 0.2) is 6.10 Å². The van der Waals surface area contributed by atoms with E-state index in [-0.39, 0.29) is 35.7 Å². The van der Waals surface area contributed by atoms with E-state index in [0.29, 0.717) is 41.9 Å². The van der Waals surface area contributed by atoms with Gasteiger partial charge in [0.05, 0.1) is 29.0 Å². The molecule has 0 bridgehead atoms. The number of benzene rings is 1. The second-order valence-corrected chi connectivity index (χ2v) is 8.08. The molecule has 0 fully saturated rings. The summed E-state index contributed by atoms with van der Waals surface area (Å²) < 4.78 is 20.8. The topological polar surface area (TPSA) is 102 Å². The van der Waals surface area contributed by atoms with Crippen LogP contribution in [-0.4, -0.2) is 32.3 Å². The van der Waals surface area contributed by atoms with Gasteiger partial charge >= 0.3 is 5.97 Å². The number of esters is 1. The van der Waals surface area contributed by atoms with E-state index < -0.39 is 12.1 Å². The van der Waals surface area contributed by atoms with Crippen LogP contribution in [0.5, 0.6) is 0 Å². The molecule has 5 rings (SSSR count). The van der Waals surface area contributed by atoms with Crippen molar-refractivity contribution in [3.63, 3.8) is 0 Å². The van der Waals surface area contributed by atoms with Gasteiger partial charge in [-0.25, -0.2) is 14.2 Å². The van der Waals surface area contributed by atoms with Gasteiger partial charge in [-0.05, 0) is 49.4 Å². The number of fused-ring (bicyclic) bond motifs is 5. The molecule has 1 atom stereocenters. The lowest BCUT2D eigenvalue weighted by molar-refractivity contribution is -0.157. The van der Waals surface area contributed by atoms with E-state index in [4.69, 9.17) is 4.74 Å². The summed E-state index contributed by atoms with van der Waals surface area (Å²) in [6.07, 6.45) is 0.503. The van der Waals surface area contributed by atoms with Gasteiger partial charge in [-0.1, -0.05) is 13.8 Å². The fraction of sp³-hybridized carbons (Fsp3) is 0.400. The molecule has 0 radical (unpaired) electrons. The first kappa shape index (κ1) is 23.1. The normalized spacial score (nSPS) is 15.9. The molecule has 1 aromatic carbocycles. The molecule has 0 amide bonds. The summed E-state index contributed by atoms with van der Waals surface area (Å²) >= 11 is 0. The summed E-state index contributed by atoms with van der Waals surface area (Å²) in [6.45, 7) is 5.90. The summed E-state index contributed by atoms with van der Waals surface area (Å²) in [4.78, 5) is 29.6. The highest BCUT2D eigenvalue weighted by Crippen LogP contribution is 2.38. The number of unbranched alkanes of at least 4 members (excludes halogenated alkanes) is 1. The van der Waals surface area contributed by atoms with Crippen molar-refractivity contribution in [2.24, 2.45) is 0 Å². The monoisotopic (exact) mass is 454 g/mol. The molecule has 2 aliphatic rings. The zero-order valence-corrected chi connectivity index (χ0v) is 18.9. The zero-order chi connectivity index (χ0) is 23.9. The number of carbonyl (C=O) groups is 1. The second kappa shape index (κ2) is 9.03. The Balaban J connectivity index is 0.00000126. The fourth-order valence-electron chi connectivity index (χ4n) is 4.54. The van der Waals surface area contributed by atoms with Crippen LogP contribution in [0.3, 0.4) is 0 Å². The lowest BCUT2D eigenvalue weighted by Crippen LogP contribution is -2.32. The number of hydrogen-bond acceptors (Lipinski definition) is 6. The molecule has 4 heterocycles. The molecule has 2 aromatic heterocycles. The minimum atomic E-state index is -1.52. The molecular formula is C25H27FN2O5. The van der Waals surface area contributed by atoms with Crippen molar-refractivity contribution in [3.8, 4) is 11.4 Å². The number of nitrogens with zero attached hydrogens (tertiary/aromatic N) is 2. The highest BCUT2D eigenvalue weighted by molar-refractivity contribution is 5.89. The predicted octanol–water partition coefficient (Wildman–Crippen LogP) is 3.30. The second-order valence-electron chi connectivity index (χ2n) is 8.08. The van der Waals surface area contributed by atoms with E-state index in [2.05, 4.69) is 4.98 Å². The van der Waals surface area contributed by atoms with Crippen LogP contribution < -0.4 is 5.56 Å². The molecule has 7 nitrogen and oxygen atoms in total. The Morgan fingerprint density at radius 3 is 2.67 bits per heavy atom. The first-order valence-electron chi connectivity index (χ1n) is 11.2. The first-order chi connectivity index (χ1) is 15.9. The molecule has 0 spiro atoms.